The molecule has 3 rings (SSSR count). The molecule has 1 fully saturated rings. The molecule has 1 amide bonds. The summed E-state index contributed by atoms with van der Waals surface area (Å²) in [5.41, 5.74) is 3.10. The summed E-state index contributed by atoms with van der Waals surface area (Å²) in [5.74, 6) is 0.655. The highest BCUT2D eigenvalue weighted by atomic mass is 35.5. The number of benzene rings is 1. The lowest BCUT2D eigenvalue weighted by Crippen LogP contribution is -2.37. The van der Waals surface area contributed by atoms with Crippen molar-refractivity contribution in [3.05, 3.63) is 34.9 Å². The van der Waals surface area contributed by atoms with E-state index >= 15 is 0 Å². The smallest absolute Gasteiger partial charge is 0.253 e. The Morgan fingerprint density at radius 2 is 2.11 bits per heavy atom. The standard InChI is InChI=1S/C15H18ClNO2/c1-17(7-10-4-14(16)5-10)15(18)11-2-3-12-8-19-9-13(12)6-11/h2-3,6,10,14H,4-5,7-9H2,1H3. The van der Waals surface area contributed by atoms with Crippen LogP contribution in [-0.4, -0.2) is 29.8 Å². The topological polar surface area (TPSA) is 29.5 Å². The third-order valence-electron chi connectivity index (χ3n) is 4.03. The van der Waals surface area contributed by atoms with Gasteiger partial charge < -0.3 is 9.64 Å². The molecule has 3 nitrogen and oxygen atoms in total. The van der Waals surface area contributed by atoms with E-state index in [9.17, 15) is 4.79 Å². The summed E-state index contributed by atoms with van der Waals surface area (Å²) in [6.07, 6.45) is 2.05. The van der Waals surface area contributed by atoms with Crippen LogP contribution in [0.2, 0.25) is 0 Å². The van der Waals surface area contributed by atoms with E-state index in [1.165, 1.54) is 5.56 Å². The highest BCUT2D eigenvalue weighted by Crippen LogP contribution is 2.32. The first-order chi connectivity index (χ1) is 9.13. The number of alkyl halides is 1. The third-order valence-corrected chi connectivity index (χ3v) is 4.38. The predicted octanol–water partition coefficient (Wildman–Crippen LogP) is 2.81. The number of rotatable bonds is 3. The van der Waals surface area contributed by atoms with E-state index in [1.54, 1.807) is 0 Å². The van der Waals surface area contributed by atoms with Crippen LogP contribution in [0.25, 0.3) is 0 Å². The van der Waals surface area contributed by atoms with Gasteiger partial charge in [0.15, 0.2) is 0 Å². The van der Waals surface area contributed by atoms with Crippen molar-refractivity contribution in [2.75, 3.05) is 13.6 Å². The third kappa shape index (κ3) is 2.63. The van der Waals surface area contributed by atoms with Crippen LogP contribution >= 0.6 is 11.6 Å². The second kappa shape index (κ2) is 5.14. The molecule has 2 aliphatic rings. The summed E-state index contributed by atoms with van der Waals surface area (Å²) in [6.45, 7) is 2.09. The quantitative estimate of drug-likeness (QED) is 0.797. The van der Waals surface area contributed by atoms with E-state index in [-0.39, 0.29) is 5.91 Å². The highest BCUT2D eigenvalue weighted by Gasteiger charge is 2.29. The highest BCUT2D eigenvalue weighted by molar-refractivity contribution is 6.21. The van der Waals surface area contributed by atoms with Gasteiger partial charge in [-0.1, -0.05) is 6.07 Å². The molecule has 0 bridgehead atoms. The van der Waals surface area contributed by atoms with Crippen molar-refractivity contribution < 1.29 is 9.53 Å². The van der Waals surface area contributed by atoms with Crippen molar-refractivity contribution in [1.29, 1.82) is 0 Å². The molecule has 0 saturated heterocycles. The fourth-order valence-electron chi connectivity index (χ4n) is 2.80. The predicted molar refractivity (Wildman–Crippen MR) is 74.3 cm³/mol. The Labute approximate surface area is 118 Å². The average molecular weight is 280 g/mol. The Balaban J connectivity index is 1.66. The molecule has 102 valence electrons. The van der Waals surface area contributed by atoms with Gasteiger partial charge in [-0.15, -0.1) is 11.6 Å². The minimum Gasteiger partial charge on any atom is -0.372 e. The van der Waals surface area contributed by atoms with Crippen molar-refractivity contribution in [2.45, 2.75) is 31.4 Å². The van der Waals surface area contributed by atoms with Gasteiger partial charge in [-0.25, -0.2) is 0 Å². The summed E-state index contributed by atoms with van der Waals surface area (Å²) in [6, 6.07) is 5.87. The largest absolute Gasteiger partial charge is 0.372 e. The van der Waals surface area contributed by atoms with E-state index < -0.39 is 0 Å². The Morgan fingerprint density at radius 3 is 2.84 bits per heavy atom. The molecule has 1 aromatic carbocycles. The van der Waals surface area contributed by atoms with Gasteiger partial charge in [0.2, 0.25) is 0 Å². The maximum absolute atomic E-state index is 12.4. The Kier molecular flexibility index (Phi) is 3.50. The number of hydrogen-bond acceptors (Lipinski definition) is 2. The molecule has 1 aliphatic carbocycles. The van der Waals surface area contributed by atoms with E-state index in [1.807, 2.05) is 30.1 Å². The Hall–Kier alpha value is -1.06. The van der Waals surface area contributed by atoms with Gasteiger partial charge in [0.05, 0.1) is 13.2 Å². The van der Waals surface area contributed by atoms with Crippen molar-refractivity contribution in [3.63, 3.8) is 0 Å². The van der Waals surface area contributed by atoms with Crippen LogP contribution in [0.3, 0.4) is 0 Å². The van der Waals surface area contributed by atoms with Crippen molar-refractivity contribution in [3.8, 4) is 0 Å². The van der Waals surface area contributed by atoms with Crippen LogP contribution in [0.1, 0.15) is 34.3 Å². The van der Waals surface area contributed by atoms with Crippen LogP contribution in [0, 0.1) is 5.92 Å². The van der Waals surface area contributed by atoms with Crippen molar-refractivity contribution in [2.24, 2.45) is 5.92 Å². The molecular formula is C15H18ClNO2. The Bertz CT molecular complexity index is 497. The van der Waals surface area contributed by atoms with E-state index in [2.05, 4.69) is 0 Å². The molecular weight excluding hydrogens is 262 g/mol. The normalized spacial score (nSPS) is 24.7. The zero-order valence-corrected chi connectivity index (χ0v) is 11.8. The van der Waals surface area contributed by atoms with Crippen molar-refractivity contribution in [1.82, 2.24) is 4.90 Å². The van der Waals surface area contributed by atoms with Gasteiger partial charge in [0, 0.05) is 24.5 Å². The molecule has 4 heteroatoms. The van der Waals surface area contributed by atoms with Crippen LogP contribution in [0.15, 0.2) is 18.2 Å². The molecule has 0 atom stereocenters. The maximum Gasteiger partial charge on any atom is 0.253 e. The number of carbonyl (C=O) groups excluding carboxylic acids is 1. The van der Waals surface area contributed by atoms with Gasteiger partial charge in [-0.05, 0) is 42.0 Å². The van der Waals surface area contributed by atoms with Crippen LogP contribution in [0.5, 0.6) is 0 Å². The minimum atomic E-state index is 0.0905. The first-order valence-corrected chi connectivity index (χ1v) is 7.16. The molecule has 1 heterocycles. The summed E-state index contributed by atoms with van der Waals surface area (Å²) < 4.78 is 5.37. The average Bonchev–Trinajstić information content (AvgIpc) is 2.83. The number of ether oxygens (including phenoxy) is 1. The molecule has 0 radical (unpaired) electrons. The SMILES string of the molecule is CN(CC1CC(Cl)C1)C(=O)c1ccc2c(c1)COC2. The number of nitrogens with zero attached hydrogens (tertiary/aromatic N) is 1. The van der Waals surface area contributed by atoms with Crippen molar-refractivity contribution >= 4 is 17.5 Å². The molecule has 0 spiro atoms. The van der Waals surface area contributed by atoms with Gasteiger partial charge >= 0.3 is 0 Å². The molecule has 0 aromatic heterocycles. The Morgan fingerprint density at radius 1 is 1.37 bits per heavy atom. The number of fused-ring (bicyclic) bond motifs is 1. The zero-order valence-electron chi connectivity index (χ0n) is 11.1. The van der Waals surface area contributed by atoms with E-state index in [4.69, 9.17) is 16.3 Å². The lowest BCUT2D eigenvalue weighted by atomic mass is 9.84. The maximum atomic E-state index is 12.4. The van der Waals surface area contributed by atoms with Gasteiger partial charge in [0.1, 0.15) is 0 Å². The summed E-state index contributed by atoms with van der Waals surface area (Å²) in [5, 5.41) is 0.311. The molecule has 1 saturated carbocycles. The number of amides is 1. The minimum absolute atomic E-state index is 0.0905. The molecule has 0 N–H and O–H groups in total. The second-order valence-corrected chi connectivity index (χ2v) is 6.21. The van der Waals surface area contributed by atoms with E-state index in [0.29, 0.717) is 24.5 Å². The van der Waals surface area contributed by atoms with Gasteiger partial charge in [0.25, 0.3) is 5.91 Å². The van der Waals surface area contributed by atoms with Crippen LogP contribution in [-0.2, 0) is 18.0 Å². The molecule has 0 unspecified atom stereocenters. The zero-order chi connectivity index (χ0) is 13.4. The fourth-order valence-corrected chi connectivity index (χ4v) is 3.30. The monoisotopic (exact) mass is 279 g/mol. The summed E-state index contributed by atoms with van der Waals surface area (Å²) in [7, 11) is 1.87. The number of halogens is 1. The lowest BCUT2D eigenvalue weighted by Gasteiger charge is -2.34. The van der Waals surface area contributed by atoms with Crippen LogP contribution in [0.4, 0.5) is 0 Å². The summed E-state index contributed by atoms with van der Waals surface area (Å²) in [4.78, 5) is 14.2. The summed E-state index contributed by atoms with van der Waals surface area (Å²) >= 11 is 5.97. The van der Waals surface area contributed by atoms with Gasteiger partial charge in [-0.2, -0.15) is 0 Å². The molecule has 1 aliphatic heterocycles. The lowest BCUT2D eigenvalue weighted by molar-refractivity contribution is 0.0746. The number of carbonyl (C=O) groups is 1. The fraction of sp³-hybridized carbons (Fsp3) is 0.533. The first kappa shape index (κ1) is 12.9. The van der Waals surface area contributed by atoms with Gasteiger partial charge in [-0.3, -0.25) is 4.79 Å². The molecule has 1 aromatic rings. The van der Waals surface area contributed by atoms with E-state index in [0.717, 1.165) is 30.5 Å². The van der Waals surface area contributed by atoms with Crippen LogP contribution < -0.4 is 0 Å². The first-order valence-electron chi connectivity index (χ1n) is 6.72. The second-order valence-electron chi connectivity index (χ2n) is 5.60. The number of hydrogen-bond donors (Lipinski definition) is 0. The molecule has 19 heavy (non-hydrogen) atoms.